The highest BCUT2D eigenvalue weighted by Gasteiger charge is 2.37. The minimum absolute atomic E-state index is 0.126. The van der Waals surface area contributed by atoms with Gasteiger partial charge in [0.15, 0.2) is 0 Å². The van der Waals surface area contributed by atoms with Gasteiger partial charge in [-0.25, -0.2) is 9.69 Å². The molecule has 3 rings (SSSR count). The molecule has 1 saturated heterocycles. The van der Waals surface area contributed by atoms with Crippen LogP contribution in [0.15, 0.2) is 54.1 Å². The van der Waals surface area contributed by atoms with Crippen molar-refractivity contribution in [1.82, 2.24) is 5.32 Å². The van der Waals surface area contributed by atoms with Crippen LogP contribution in [0, 0.1) is 17.0 Å². The summed E-state index contributed by atoms with van der Waals surface area (Å²) in [6, 6.07) is 11.2. The minimum Gasteiger partial charge on any atom is -0.273 e. The quantitative estimate of drug-likeness (QED) is 0.395. The molecular formula is C18H13N3O5. The monoisotopic (exact) mass is 351 g/mol. The maximum absolute atomic E-state index is 12.7. The van der Waals surface area contributed by atoms with E-state index in [9.17, 15) is 24.5 Å². The number of aryl methyl sites for hydroxylation is 1. The molecule has 0 aliphatic carbocycles. The molecule has 8 nitrogen and oxygen atoms in total. The molecule has 1 aliphatic heterocycles. The first kappa shape index (κ1) is 17.0. The molecule has 2 aromatic carbocycles. The second kappa shape index (κ2) is 6.60. The number of nitro groups is 1. The zero-order valence-electron chi connectivity index (χ0n) is 13.6. The van der Waals surface area contributed by atoms with Gasteiger partial charge >= 0.3 is 6.03 Å². The Labute approximate surface area is 147 Å². The van der Waals surface area contributed by atoms with Crippen LogP contribution < -0.4 is 10.2 Å². The minimum atomic E-state index is -0.907. The molecule has 1 fully saturated rings. The Bertz CT molecular complexity index is 963. The average Bonchev–Trinajstić information content (AvgIpc) is 2.60. The Morgan fingerprint density at radius 3 is 2.31 bits per heavy atom. The first-order chi connectivity index (χ1) is 12.4. The maximum atomic E-state index is 12.7. The van der Waals surface area contributed by atoms with Gasteiger partial charge in [-0.3, -0.25) is 25.0 Å². The van der Waals surface area contributed by atoms with E-state index < -0.39 is 22.8 Å². The number of carbonyl (C=O) groups excluding carboxylic acids is 3. The van der Waals surface area contributed by atoms with Crippen molar-refractivity contribution >= 4 is 35.3 Å². The van der Waals surface area contributed by atoms with E-state index in [2.05, 4.69) is 5.32 Å². The molecule has 4 amide bonds. The van der Waals surface area contributed by atoms with Gasteiger partial charge in [0.2, 0.25) is 0 Å². The number of nitrogens with zero attached hydrogens (tertiary/aromatic N) is 2. The molecule has 1 aliphatic rings. The highest BCUT2D eigenvalue weighted by atomic mass is 16.6. The van der Waals surface area contributed by atoms with Crippen LogP contribution in [-0.4, -0.2) is 22.8 Å². The van der Waals surface area contributed by atoms with Gasteiger partial charge in [0.25, 0.3) is 17.5 Å². The van der Waals surface area contributed by atoms with Crippen molar-refractivity contribution in [2.75, 3.05) is 4.90 Å². The molecule has 0 unspecified atom stereocenters. The van der Waals surface area contributed by atoms with Crippen molar-refractivity contribution in [3.63, 3.8) is 0 Å². The van der Waals surface area contributed by atoms with Gasteiger partial charge in [-0.15, -0.1) is 0 Å². The Morgan fingerprint density at radius 2 is 1.69 bits per heavy atom. The predicted molar refractivity (Wildman–Crippen MR) is 93.3 cm³/mol. The second-order valence-corrected chi connectivity index (χ2v) is 5.59. The molecule has 0 aromatic heterocycles. The lowest BCUT2D eigenvalue weighted by molar-refractivity contribution is -0.384. The summed E-state index contributed by atoms with van der Waals surface area (Å²) in [5.41, 5.74) is 1.28. The number of barbiturate groups is 1. The first-order valence-electron chi connectivity index (χ1n) is 7.60. The number of nitrogens with one attached hydrogen (secondary N) is 1. The van der Waals surface area contributed by atoms with Crippen LogP contribution in [0.4, 0.5) is 16.2 Å². The van der Waals surface area contributed by atoms with E-state index in [0.717, 1.165) is 10.5 Å². The molecule has 0 bridgehead atoms. The number of amides is 4. The van der Waals surface area contributed by atoms with Crippen LogP contribution >= 0.6 is 0 Å². The summed E-state index contributed by atoms with van der Waals surface area (Å²) < 4.78 is 0. The van der Waals surface area contributed by atoms with Crippen LogP contribution in [0.5, 0.6) is 0 Å². The number of carbonyl (C=O) groups is 3. The second-order valence-electron chi connectivity index (χ2n) is 5.59. The van der Waals surface area contributed by atoms with Crippen LogP contribution in [0.2, 0.25) is 0 Å². The maximum Gasteiger partial charge on any atom is 0.335 e. The zero-order chi connectivity index (χ0) is 18.8. The number of non-ortho nitro benzene ring substituents is 1. The molecule has 0 radical (unpaired) electrons. The fourth-order valence-corrected chi connectivity index (χ4v) is 2.52. The van der Waals surface area contributed by atoms with Gasteiger partial charge in [0.1, 0.15) is 5.57 Å². The van der Waals surface area contributed by atoms with Crippen molar-refractivity contribution in [2.45, 2.75) is 6.92 Å². The Balaban J connectivity index is 2.01. The summed E-state index contributed by atoms with van der Waals surface area (Å²) in [5.74, 6) is -1.59. The molecular weight excluding hydrogens is 338 g/mol. The fourth-order valence-electron chi connectivity index (χ4n) is 2.52. The lowest BCUT2D eigenvalue weighted by atomic mass is 10.0. The van der Waals surface area contributed by atoms with Crippen LogP contribution in [0.25, 0.3) is 6.08 Å². The summed E-state index contributed by atoms with van der Waals surface area (Å²) in [6.45, 7) is 1.83. The van der Waals surface area contributed by atoms with Crippen molar-refractivity contribution in [2.24, 2.45) is 0 Å². The van der Waals surface area contributed by atoms with Gasteiger partial charge in [0.05, 0.1) is 10.6 Å². The van der Waals surface area contributed by atoms with E-state index in [4.69, 9.17) is 0 Å². The third-order valence-electron chi connectivity index (χ3n) is 3.91. The number of imide groups is 2. The van der Waals surface area contributed by atoms with Crippen LogP contribution in [0.3, 0.4) is 0 Å². The SMILES string of the molecule is Cc1ccccc1/C=C1\C(=O)NC(=O)N(c2ccc([N+](=O)[O-])cc2)C1=O. The van der Waals surface area contributed by atoms with E-state index in [-0.39, 0.29) is 16.9 Å². The van der Waals surface area contributed by atoms with Gasteiger partial charge < -0.3 is 0 Å². The number of hydrogen-bond donors (Lipinski definition) is 1. The molecule has 1 heterocycles. The van der Waals surface area contributed by atoms with Crippen LogP contribution in [-0.2, 0) is 9.59 Å². The average molecular weight is 351 g/mol. The molecule has 8 heteroatoms. The highest BCUT2D eigenvalue weighted by molar-refractivity contribution is 6.39. The molecule has 1 N–H and O–H groups in total. The Morgan fingerprint density at radius 1 is 1.04 bits per heavy atom. The number of benzene rings is 2. The standard InChI is InChI=1S/C18H13N3O5/c1-11-4-2-3-5-12(11)10-15-16(22)19-18(24)20(17(15)23)13-6-8-14(9-7-13)21(25)26/h2-10H,1H3,(H,19,22,24)/b15-10+. The highest BCUT2D eigenvalue weighted by Crippen LogP contribution is 2.24. The van der Waals surface area contributed by atoms with Gasteiger partial charge in [-0.05, 0) is 36.3 Å². The molecule has 2 aromatic rings. The predicted octanol–water partition coefficient (Wildman–Crippen LogP) is 2.57. The molecule has 0 atom stereocenters. The summed E-state index contributed by atoms with van der Waals surface area (Å²) in [5, 5.41) is 12.8. The summed E-state index contributed by atoms with van der Waals surface area (Å²) >= 11 is 0. The lowest BCUT2D eigenvalue weighted by Crippen LogP contribution is -2.54. The largest absolute Gasteiger partial charge is 0.335 e. The first-order valence-corrected chi connectivity index (χ1v) is 7.60. The molecule has 130 valence electrons. The molecule has 26 heavy (non-hydrogen) atoms. The van der Waals surface area contributed by atoms with Gasteiger partial charge in [0, 0.05) is 12.1 Å². The summed E-state index contributed by atoms with van der Waals surface area (Å²) in [6.07, 6.45) is 1.41. The van der Waals surface area contributed by atoms with E-state index >= 15 is 0 Å². The van der Waals surface area contributed by atoms with Gasteiger partial charge in [-0.1, -0.05) is 24.3 Å². The Kier molecular flexibility index (Phi) is 4.32. The normalized spacial score (nSPS) is 16.0. The third-order valence-corrected chi connectivity index (χ3v) is 3.91. The number of urea groups is 1. The van der Waals surface area contributed by atoms with Crippen molar-refractivity contribution in [1.29, 1.82) is 0 Å². The van der Waals surface area contributed by atoms with E-state index in [1.165, 1.54) is 30.3 Å². The fraction of sp³-hybridized carbons (Fsp3) is 0.0556. The van der Waals surface area contributed by atoms with E-state index in [1.807, 2.05) is 19.1 Å². The molecule has 0 saturated carbocycles. The number of hydrogen-bond acceptors (Lipinski definition) is 5. The number of anilines is 1. The van der Waals surface area contributed by atoms with Gasteiger partial charge in [-0.2, -0.15) is 0 Å². The third kappa shape index (κ3) is 3.07. The summed E-state index contributed by atoms with van der Waals surface area (Å²) in [4.78, 5) is 47.9. The lowest BCUT2D eigenvalue weighted by Gasteiger charge is -2.26. The Hall–Kier alpha value is -3.81. The molecule has 0 spiro atoms. The van der Waals surface area contributed by atoms with Crippen molar-refractivity contribution < 1.29 is 19.3 Å². The smallest absolute Gasteiger partial charge is 0.273 e. The van der Waals surface area contributed by atoms with Crippen molar-refractivity contribution in [3.8, 4) is 0 Å². The zero-order valence-corrected chi connectivity index (χ0v) is 13.6. The number of nitro benzene ring substituents is 1. The van der Waals surface area contributed by atoms with Crippen LogP contribution in [0.1, 0.15) is 11.1 Å². The topological polar surface area (TPSA) is 110 Å². The number of rotatable bonds is 3. The summed E-state index contributed by atoms with van der Waals surface area (Å²) in [7, 11) is 0. The van der Waals surface area contributed by atoms with E-state index in [0.29, 0.717) is 5.56 Å². The van der Waals surface area contributed by atoms with E-state index in [1.54, 1.807) is 12.1 Å². The van der Waals surface area contributed by atoms with Crippen molar-refractivity contribution in [3.05, 3.63) is 75.3 Å².